The molecule has 0 saturated carbocycles. The van der Waals surface area contributed by atoms with E-state index >= 15 is 0 Å². The first-order valence-electron chi connectivity index (χ1n) is 11.9. The average molecular weight is 330 g/mol. The monoisotopic (exact) mass is 330 g/mol. The zero-order chi connectivity index (χ0) is 25.5. The number of rotatable bonds is 2. The Morgan fingerprint density at radius 2 is 1.39 bits per heavy atom. The largest absolute Gasteiger partial charge is 0.489 e. The second kappa shape index (κ2) is 5.46. The van der Waals surface area contributed by atoms with Crippen LogP contribution in [0.3, 0.4) is 0 Å². The van der Waals surface area contributed by atoms with Gasteiger partial charge in [-0.2, -0.15) is 0 Å². The number of para-hydroxylation sites is 2. The third-order valence-electron chi connectivity index (χ3n) is 3.37. The summed E-state index contributed by atoms with van der Waals surface area (Å²) >= 11 is 4.24. The molecule has 0 unspecified atom stereocenters. The van der Waals surface area contributed by atoms with Gasteiger partial charge in [0.25, 0.3) is 0 Å². The molecule has 0 spiro atoms. The Kier molecular flexibility index (Phi) is 1.60. The van der Waals surface area contributed by atoms with E-state index in [1.807, 2.05) is 0 Å². The minimum Gasteiger partial charge on any atom is -0.423 e. The van der Waals surface area contributed by atoms with Crippen LogP contribution in [0, 0.1) is 0 Å². The van der Waals surface area contributed by atoms with Gasteiger partial charge in [0, 0.05) is 15.7 Å². The number of thiol groups is 1. The lowest BCUT2D eigenvalue weighted by atomic mass is 9.80. The van der Waals surface area contributed by atoms with Crippen LogP contribution in [-0.4, -0.2) is 21.7 Å². The van der Waals surface area contributed by atoms with Crippen molar-refractivity contribution < 1.29 is 25.1 Å². The van der Waals surface area contributed by atoms with Crippen molar-refractivity contribution in [3.8, 4) is 5.69 Å². The van der Waals surface area contributed by atoms with Gasteiger partial charge in [-0.15, -0.1) is 12.6 Å². The minimum absolute atomic E-state index is 0.243. The predicted molar refractivity (Wildman–Crippen MR) is 97.9 cm³/mol. The van der Waals surface area contributed by atoms with Gasteiger partial charge in [0.15, 0.2) is 0 Å². The molecule has 0 saturated heterocycles. The lowest BCUT2D eigenvalue weighted by Gasteiger charge is -2.13. The molecule has 3 nitrogen and oxygen atoms in total. The van der Waals surface area contributed by atoms with Gasteiger partial charge >= 0.3 is 7.12 Å². The van der Waals surface area contributed by atoms with Crippen molar-refractivity contribution in [3.05, 3.63) is 66.5 Å². The Morgan fingerprint density at radius 3 is 1.96 bits per heavy atom. The minimum atomic E-state index is -2.28. The summed E-state index contributed by atoms with van der Waals surface area (Å²) in [6, 6.07) is -7.14. The molecule has 4 aromatic rings. The van der Waals surface area contributed by atoms with Gasteiger partial charge in [-0.1, -0.05) is 48.3 Å². The van der Waals surface area contributed by atoms with Crippen molar-refractivity contribution in [1.82, 2.24) is 4.57 Å². The van der Waals surface area contributed by atoms with E-state index in [-0.39, 0.29) is 26.7 Å². The summed E-state index contributed by atoms with van der Waals surface area (Å²) in [6.07, 6.45) is 0. The van der Waals surface area contributed by atoms with E-state index in [4.69, 9.17) is 15.1 Å². The first kappa shape index (κ1) is 6.73. The fourth-order valence-corrected chi connectivity index (χ4v) is 2.72. The molecule has 0 amide bonds. The highest BCUT2D eigenvalue weighted by molar-refractivity contribution is 7.80. The van der Waals surface area contributed by atoms with Crippen molar-refractivity contribution in [2.24, 2.45) is 0 Å². The molecular formula is C18H14BNO2S. The van der Waals surface area contributed by atoms with Crippen LogP contribution in [0.15, 0.2) is 71.4 Å². The molecule has 0 bridgehead atoms. The van der Waals surface area contributed by atoms with E-state index in [0.717, 1.165) is 4.57 Å². The lowest BCUT2D eigenvalue weighted by Crippen LogP contribution is -2.31. The maximum Gasteiger partial charge on any atom is 0.489 e. The van der Waals surface area contributed by atoms with Crippen molar-refractivity contribution in [1.29, 1.82) is 0 Å². The summed E-state index contributed by atoms with van der Waals surface area (Å²) < 4.78 is 91.6. The molecular weight excluding hydrogens is 305 g/mol. The van der Waals surface area contributed by atoms with E-state index in [1.54, 1.807) is 0 Å². The van der Waals surface area contributed by atoms with Crippen LogP contribution < -0.4 is 5.46 Å². The van der Waals surface area contributed by atoms with Gasteiger partial charge in [0.05, 0.1) is 31.8 Å². The molecule has 0 radical (unpaired) electrons. The highest BCUT2D eigenvalue weighted by Gasteiger charge is 2.19. The van der Waals surface area contributed by atoms with E-state index in [1.165, 1.54) is 0 Å². The lowest BCUT2D eigenvalue weighted by molar-refractivity contribution is 0.425. The van der Waals surface area contributed by atoms with Crippen molar-refractivity contribution >= 4 is 47.0 Å². The Balaban J connectivity index is 2.48. The number of benzene rings is 3. The first-order chi connectivity index (χ1) is 15.7. The second-order valence-electron chi connectivity index (χ2n) is 4.64. The van der Waals surface area contributed by atoms with Gasteiger partial charge in [-0.25, -0.2) is 0 Å². The molecule has 4 rings (SSSR count). The fourth-order valence-electron chi connectivity index (χ4n) is 2.40. The zero-order valence-electron chi connectivity index (χ0n) is 22.4. The van der Waals surface area contributed by atoms with Crippen molar-refractivity contribution in [3.63, 3.8) is 0 Å². The van der Waals surface area contributed by atoms with Crippen LogP contribution in [0.1, 0.15) is 15.1 Å². The molecule has 0 fully saturated rings. The molecule has 5 heteroatoms. The number of aromatic nitrogens is 1. The van der Waals surface area contributed by atoms with Gasteiger partial charge in [0.1, 0.15) is 0 Å². The topological polar surface area (TPSA) is 45.4 Å². The molecule has 112 valence electrons. The van der Waals surface area contributed by atoms with Crippen LogP contribution in [0.2, 0.25) is 0 Å². The van der Waals surface area contributed by atoms with Crippen LogP contribution in [0.25, 0.3) is 27.5 Å². The number of fused-ring (bicyclic) bond motifs is 3. The van der Waals surface area contributed by atoms with E-state index in [2.05, 4.69) is 12.6 Å². The third kappa shape index (κ3) is 2.17. The fraction of sp³-hybridized carbons (Fsp3) is 0. The third-order valence-corrected chi connectivity index (χ3v) is 3.82. The van der Waals surface area contributed by atoms with E-state index in [9.17, 15) is 10.0 Å². The Morgan fingerprint density at radius 1 is 0.826 bits per heavy atom. The normalized spacial score (nSPS) is 18.0. The van der Waals surface area contributed by atoms with Gasteiger partial charge in [0.2, 0.25) is 0 Å². The quantitative estimate of drug-likeness (QED) is 0.391. The van der Waals surface area contributed by atoms with Crippen LogP contribution in [-0.2, 0) is 0 Å². The van der Waals surface area contributed by atoms with Crippen LogP contribution >= 0.6 is 12.6 Å². The molecule has 0 aliphatic carbocycles. The van der Waals surface area contributed by atoms with Gasteiger partial charge in [-0.05, 0) is 23.6 Å². The van der Waals surface area contributed by atoms with Crippen LogP contribution in [0.4, 0.5) is 0 Å². The summed E-state index contributed by atoms with van der Waals surface area (Å²) in [5.41, 5.74) is -1.57. The van der Waals surface area contributed by atoms with Crippen molar-refractivity contribution in [2.75, 3.05) is 0 Å². The molecule has 1 heterocycles. The molecule has 3 aromatic carbocycles. The van der Waals surface area contributed by atoms with E-state index < -0.39 is 84.7 Å². The number of hydrogen-bond acceptors (Lipinski definition) is 3. The Labute approximate surface area is 154 Å². The highest BCUT2D eigenvalue weighted by Crippen LogP contribution is 2.33. The SMILES string of the molecule is [2H]c1c([2H])c(B(O)O)c(S)c(-n2c3c([2H])c([2H])c([2H])c([2H])c3c3c([2H])c([2H])c([2H])c([2H])c32)c1[2H]. The molecule has 23 heavy (non-hydrogen) atoms. The molecule has 2 N–H and O–H groups in total. The highest BCUT2D eigenvalue weighted by atomic mass is 32.1. The van der Waals surface area contributed by atoms with Crippen LogP contribution in [0.5, 0.6) is 0 Å². The van der Waals surface area contributed by atoms with Crippen molar-refractivity contribution in [2.45, 2.75) is 4.90 Å². The first-order valence-corrected chi connectivity index (χ1v) is 6.90. The number of hydrogen-bond donors (Lipinski definition) is 3. The zero-order valence-corrected chi connectivity index (χ0v) is 12.3. The summed E-state index contributed by atoms with van der Waals surface area (Å²) in [7, 11) is -2.28. The molecule has 0 aliphatic heterocycles. The summed E-state index contributed by atoms with van der Waals surface area (Å²) in [4.78, 5) is -0.375. The summed E-state index contributed by atoms with van der Waals surface area (Å²) in [5, 5.41) is 19.1. The summed E-state index contributed by atoms with van der Waals surface area (Å²) in [6.45, 7) is 0. The molecule has 0 atom stereocenters. The van der Waals surface area contributed by atoms with Gasteiger partial charge in [-0.3, -0.25) is 0 Å². The Hall–Kier alpha value is -2.21. The van der Waals surface area contributed by atoms with E-state index in [0.29, 0.717) is 0 Å². The maximum atomic E-state index is 9.80. The van der Waals surface area contributed by atoms with Gasteiger partial charge < -0.3 is 14.6 Å². The molecule has 1 aromatic heterocycles. The predicted octanol–water partition coefficient (Wildman–Crippen LogP) is 2.75. The molecule has 0 aliphatic rings. The summed E-state index contributed by atoms with van der Waals surface area (Å²) in [5.74, 6) is 0. The average Bonchev–Trinajstić information content (AvgIpc) is 3.13. The number of nitrogens with zero attached hydrogens (tertiary/aromatic N) is 1. The standard InChI is InChI=1S/C18H14BNO2S/c21-19(22)14-8-5-11-17(18(14)23)20-15-9-3-1-6-12(15)13-7-2-4-10-16(13)20/h1-11,21-23H/i1D,2D,3D,4D,5D,6D,7D,8D,9D,10D,11D. The smallest absolute Gasteiger partial charge is 0.423 e. The second-order valence-corrected chi connectivity index (χ2v) is 5.09. The maximum absolute atomic E-state index is 9.80. The Bertz CT molecular complexity index is 1490.